The van der Waals surface area contributed by atoms with E-state index in [2.05, 4.69) is 20.6 Å². The molecule has 0 radical (unpaired) electrons. The first kappa shape index (κ1) is 36.8. The van der Waals surface area contributed by atoms with Gasteiger partial charge in [0.15, 0.2) is 11.9 Å². The van der Waals surface area contributed by atoms with E-state index in [-0.39, 0.29) is 63.0 Å². The third kappa shape index (κ3) is 13.5. The summed E-state index contributed by atoms with van der Waals surface area (Å²) in [6, 6.07) is 12.0. The number of phenols is 1. The number of carbonyl (C=O) groups excluding carboxylic acids is 4. The van der Waals surface area contributed by atoms with Gasteiger partial charge in [0.05, 0.1) is 13.0 Å². The topological polar surface area (TPSA) is 254 Å². The van der Waals surface area contributed by atoms with E-state index in [4.69, 9.17) is 27.7 Å². The summed E-state index contributed by atoms with van der Waals surface area (Å²) in [4.78, 5) is 62.0. The summed E-state index contributed by atoms with van der Waals surface area (Å²) in [6.45, 7) is 2.18. The maximum absolute atomic E-state index is 13.8. The van der Waals surface area contributed by atoms with Gasteiger partial charge in [-0.25, -0.2) is 4.99 Å². The van der Waals surface area contributed by atoms with Crippen molar-refractivity contribution in [2.45, 2.75) is 57.2 Å². The highest BCUT2D eigenvalue weighted by atomic mass is 16.5. The molecule has 3 amide bonds. The van der Waals surface area contributed by atoms with E-state index < -0.39 is 41.8 Å². The summed E-state index contributed by atoms with van der Waals surface area (Å²) in [5.41, 5.74) is 23.5. The summed E-state index contributed by atoms with van der Waals surface area (Å²) in [6.07, 6.45) is 0.651. The number of aliphatic imine (C=N–C) groups is 2. The second-order valence-electron chi connectivity index (χ2n) is 10.5. The number of guanidine groups is 2. The molecule has 0 aliphatic carbocycles. The van der Waals surface area contributed by atoms with Crippen LogP contribution in [0.4, 0.5) is 0 Å². The molecule has 15 nitrogen and oxygen atoms in total. The van der Waals surface area contributed by atoms with Gasteiger partial charge < -0.3 is 48.3 Å². The highest BCUT2D eigenvalue weighted by Crippen LogP contribution is 2.14. The standard InChI is InChI=1S/C31H45N9O6/c1-3-46-26(42)15-17-40(2)29(45)25(19-20-8-5-4-6-9-20)38-27(43)23(10-7-16-36-30(32)33)37-28(44)24(39-31(34)35)18-21-11-13-22(41)14-12-21/h4-6,8-9,11-14,23-25,41H,3,7,10,15-19H2,1-2H3,(H,37,44)(H,38,43)(H4,32,33,36)(H4,34,35,39)/t23-,24+,25+/m1/s1. The molecule has 0 spiro atoms. The van der Waals surface area contributed by atoms with Gasteiger partial charge in [0, 0.05) is 33.0 Å². The molecule has 0 saturated carbocycles. The van der Waals surface area contributed by atoms with Gasteiger partial charge in [0.2, 0.25) is 17.7 Å². The van der Waals surface area contributed by atoms with Crippen LogP contribution in [0.25, 0.3) is 0 Å². The van der Waals surface area contributed by atoms with Crippen LogP contribution in [-0.2, 0) is 36.8 Å². The smallest absolute Gasteiger partial charge is 0.307 e. The van der Waals surface area contributed by atoms with Crippen LogP contribution in [0.3, 0.4) is 0 Å². The zero-order valence-electron chi connectivity index (χ0n) is 26.2. The minimum atomic E-state index is -1.12. The van der Waals surface area contributed by atoms with Gasteiger partial charge in [-0.1, -0.05) is 42.5 Å². The molecule has 0 aliphatic heterocycles. The third-order valence-electron chi connectivity index (χ3n) is 6.78. The minimum absolute atomic E-state index is 0.0151. The molecule has 250 valence electrons. The molecule has 2 aromatic carbocycles. The van der Waals surface area contributed by atoms with Crippen LogP contribution in [0.15, 0.2) is 64.6 Å². The van der Waals surface area contributed by atoms with Crippen LogP contribution in [0.1, 0.15) is 37.3 Å². The van der Waals surface area contributed by atoms with Crippen molar-refractivity contribution >= 4 is 35.6 Å². The number of likely N-dealkylation sites (N-methyl/N-ethyl adjacent to an activating group) is 1. The fourth-order valence-corrected chi connectivity index (χ4v) is 4.46. The lowest BCUT2D eigenvalue weighted by atomic mass is 10.0. The van der Waals surface area contributed by atoms with Gasteiger partial charge in [-0.2, -0.15) is 0 Å². The fraction of sp³-hybridized carbons (Fsp3) is 0.419. The molecule has 0 heterocycles. The van der Waals surface area contributed by atoms with Gasteiger partial charge in [0.25, 0.3) is 0 Å². The van der Waals surface area contributed by atoms with Crippen LogP contribution in [0.2, 0.25) is 0 Å². The average Bonchev–Trinajstić information content (AvgIpc) is 3.01. The highest BCUT2D eigenvalue weighted by Gasteiger charge is 2.30. The summed E-state index contributed by atoms with van der Waals surface area (Å²) in [5, 5.41) is 15.1. The summed E-state index contributed by atoms with van der Waals surface area (Å²) in [5.74, 6) is -2.54. The maximum atomic E-state index is 13.8. The molecule has 0 aromatic heterocycles. The lowest BCUT2D eigenvalue weighted by Gasteiger charge is -2.27. The van der Waals surface area contributed by atoms with Crippen molar-refractivity contribution in [2.24, 2.45) is 32.9 Å². The molecular weight excluding hydrogens is 594 g/mol. The highest BCUT2D eigenvalue weighted by molar-refractivity contribution is 5.94. The van der Waals surface area contributed by atoms with Crippen molar-refractivity contribution < 1.29 is 29.0 Å². The molecule has 15 heteroatoms. The Morgan fingerprint density at radius 3 is 2.11 bits per heavy atom. The fourth-order valence-electron chi connectivity index (χ4n) is 4.46. The Morgan fingerprint density at radius 1 is 0.870 bits per heavy atom. The zero-order chi connectivity index (χ0) is 34.1. The van der Waals surface area contributed by atoms with Crippen molar-refractivity contribution in [2.75, 3.05) is 26.7 Å². The van der Waals surface area contributed by atoms with Crippen LogP contribution < -0.4 is 33.6 Å². The van der Waals surface area contributed by atoms with E-state index in [1.54, 1.807) is 19.1 Å². The molecule has 3 atom stereocenters. The number of carbonyl (C=O) groups is 4. The number of hydrogen-bond donors (Lipinski definition) is 7. The predicted molar refractivity (Wildman–Crippen MR) is 174 cm³/mol. The lowest BCUT2D eigenvalue weighted by molar-refractivity contribution is -0.144. The van der Waals surface area contributed by atoms with Gasteiger partial charge in [-0.3, -0.25) is 24.2 Å². The van der Waals surface area contributed by atoms with Gasteiger partial charge in [0.1, 0.15) is 23.9 Å². The van der Waals surface area contributed by atoms with E-state index in [9.17, 15) is 24.3 Å². The second-order valence-corrected chi connectivity index (χ2v) is 10.5. The second kappa shape index (κ2) is 19.1. The van der Waals surface area contributed by atoms with Crippen LogP contribution in [0, 0.1) is 0 Å². The Balaban J connectivity index is 2.31. The Labute approximate surface area is 268 Å². The predicted octanol–water partition coefficient (Wildman–Crippen LogP) is -0.746. The number of hydrogen-bond acceptors (Lipinski definition) is 8. The Bertz CT molecular complexity index is 1340. The molecule has 0 saturated heterocycles. The molecule has 2 rings (SSSR count). The summed E-state index contributed by atoms with van der Waals surface area (Å²) < 4.78 is 4.96. The Hall–Kier alpha value is -5.34. The van der Waals surface area contributed by atoms with Gasteiger partial charge >= 0.3 is 5.97 Å². The van der Waals surface area contributed by atoms with E-state index >= 15 is 0 Å². The third-order valence-corrected chi connectivity index (χ3v) is 6.78. The number of amides is 3. The monoisotopic (exact) mass is 639 g/mol. The van der Waals surface area contributed by atoms with E-state index in [0.717, 1.165) is 5.56 Å². The molecule has 0 fully saturated rings. The SMILES string of the molecule is CCOC(=O)CCN(C)C(=O)[C@H](Cc1ccccc1)NC(=O)[C@@H](CCCN=C(N)N)NC(=O)[C@H](Cc1ccc(O)cc1)N=C(N)N. The number of phenolic OH excluding ortho intramolecular Hbond substituents is 1. The Morgan fingerprint density at radius 2 is 1.50 bits per heavy atom. The van der Waals surface area contributed by atoms with Crippen molar-refractivity contribution in [3.63, 3.8) is 0 Å². The van der Waals surface area contributed by atoms with E-state index in [1.165, 1.54) is 24.1 Å². The number of nitrogens with two attached hydrogens (primary N) is 4. The van der Waals surface area contributed by atoms with Gasteiger partial charge in [-0.05, 0) is 43.0 Å². The quantitative estimate of drug-likeness (QED) is 0.0465. The number of benzene rings is 2. The van der Waals surface area contributed by atoms with Crippen molar-refractivity contribution in [3.8, 4) is 5.75 Å². The number of nitrogens with one attached hydrogen (secondary N) is 2. The zero-order valence-corrected chi connectivity index (χ0v) is 26.2. The molecule has 0 aliphatic rings. The van der Waals surface area contributed by atoms with Crippen molar-refractivity contribution in [1.82, 2.24) is 15.5 Å². The maximum Gasteiger partial charge on any atom is 0.307 e. The normalized spacial score (nSPS) is 12.5. The molecule has 46 heavy (non-hydrogen) atoms. The van der Waals surface area contributed by atoms with Crippen molar-refractivity contribution in [3.05, 3.63) is 65.7 Å². The Kier molecular flexibility index (Phi) is 15.3. The number of rotatable bonds is 18. The molecular formula is C31H45N9O6. The number of nitrogens with zero attached hydrogens (tertiary/aromatic N) is 3. The molecule has 0 bridgehead atoms. The molecule has 0 unspecified atom stereocenters. The number of ether oxygens (including phenoxy) is 1. The van der Waals surface area contributed by atoms with Gasteiger partial charge in [-0.15, -0.1) is 0 Å². The first-order chi connectivity index (χ1) is 21.9. The first-order valence-corrected chi connectivity index (χ1v) is 14.9. The van der Waals surface area contributed by atoms with Crippen LogP contribution >= 0.6 is 0 Å². The van der Waals surface area contributed by atoms with Crippen molar-refractivity contribution in [1.29, 1.82) is 0 Å². The van der Waals surface area contributed by atoms with Crippen LogP contribution in [-0.4, -0.2) is 90.5 Å². The average molecular weight is 640 g/mol. The first-order valence-electron chi connectivity index (χ1n) is 14.9. The lowest BCUT2D eigenvalue weighted by Crippen LogP contribution is -2.56. The molecule has 11 N–H and O–H groups in total. The number of aromatic hydroxyl groups is 1. The largest absolute Gasteiger partial charge is 0.508 e. The van der Waals surface area contributed by atoms with E-state index in [1.807, 2.05) is 30.3 Å². The van der Waals surface area contributed by atoms with E-state index in [0.29, 0.717) is 12.0 Å². The number of esters is 1. The summed E-state index contributed by atoms with van der Waals surface area (Å²) in [7, 11) is 1.53. The van der Waals surface area contributed by atoms with Crippen LogP contribution in [0.5, 0.6) is 5.75 Å². The minimum Gasteiger partial charge on any atom is -0.508 e. The molecule has 2 aromatic rings. The summed E-state index contributed by atoms with van der Waals surface area (Å²) >= 11 is 0.